The lowest BCUT2D eigenvalue weighted by Gasteiger charge is -2.16. The summed E-state index contributed by atoms with van der Waals surface area (Å²) in [6.45, 7) is 3.07. The van der Waals surface area contributed by atoms with Gasteiger partial charge >= 0.3 is 6.18 Å². The molecule has 8 heteroatoms. The fourth-order valence-electron chi connectivity index (χ4n) is 2.93. The van der Waals surface area contributed by atoms with E-state index in [1.165, 1.54) is 13.8 Å². The highest BCUT2D eigenvalue weighted by molar-refractivity contribution is 7.18. The summed E-state index contributed by atoms with van der Waals surface area (Å²) in [4.78, 5) is 20.6. The van der Waals surface area contributed by atoms with Crippen molar-refractivity contribution in [3.8, 4) is 0 Å². The number of halogens is 3. The van der Waals surface area contributed by atoms with Crippen LogP contribution in [-0.2, 0) is 6.18 Å². The minimum absolute atomic E-state index is 0.0635. The first-order chi connectivity index (χ1) is 10.3. The van der Waals surface area contributed by atoms with Crippen molar-refractivity contribution < 1.29 is 13.2 Å². The quantitative estimate of drug-likeness (QED) is 0.832. The SMILES string of the molecule is CC(C)n1c(C(F)(F)F)nc2sc(C3CCCC3)nc2c1=O. The monoisotopic (exact) mass is 331 g/mol. The Balaban J connectivity index is 2.24. The van der Waals surface area contributed by atoms with E-state index in [1.807, 2.05) is 0 Å². The van der Waals surface area contributed by atoms with Gasteiger partial charge < -0.3 is 0 Å². The highest BCUT2D eigenvalue weighted by Gasteiger charge is 2.38. The van der Waals surface area contributed by atoms with Crippen LogP contribution in [0.1, 0.15) is 62.3 Å². The van der Waals surface area contributed by atoms with Gasteiger partial charge in [-0.1, -0.05) is 24.2 Å². The van der Waals surface area contributed by atoms with Gasteiger partial charge in [0.15, 0.2) is 10.3 Å². The van der Waals surface area contributed by atoms with Crippen molar-refractivity contribution in [1.29, 1.82) is 0 Å². The van der Waals surface area contributed by atoms with Gasteiger partial charge in [-0.3, -0.25) is 9.36 Å². The molecule has 2 aromatic heterocycles. The van der Waals surface area contributed by atoms with Gasteiger partial charge in [0.05, 0.1) is 5.01 Å². The number of rotatable bonds is 2. The molecule has 0 aliphatic heterocycles. The number of thiazole rings is 1. The second kappa shape index (κ2) is 5.33. The molecule has 1 fully saturated rings. The molecule has 1 saturated carbocycles. The highest BCUT2D eigenvalue weighted by atomic mass is 32.1. The topological polar surface area (TPSA) is 47.8 Å². The summed E-state index contributed by atoms with van der Waals surface area (Å²) in [5.74, 6) is -0.887. The summed E-state index contributed by atoms with van der Waals surface area (Å²) in [5.41, 5.74) is -0.638. The summed E-state index contributed by atoms with van der Waals surface area (Å²) in [5, 5.41) is 0.742. The number of fused-ring (bicyclic) bond motifs is 1. The molecule has 0 unspecified atom stereocenters. The van der Waals surface area contributed by atoms with Crippen LogP contribution in [0.4, 0.5) is 13.2 Å². The van der Waals surface area contributed by atoms with Crippen molar-refractivity contribution in [3.05, 3.63) is 21.2 Å². The van der Waals surface area contributed by atoms with Crippen molar-refractivity contribution in [2.75, 3.05) is 0 Å². The van der Waals surface area contributed by atoms with Crippen LogP contribution >= 0.6 is 11.3 Å². The molecule has 0 spiro atoms. The minimum Gasteiger partial charge on any atom is -0.285 e. The lowest BCUT2D eigenvalue weighted by atomic mass is 10.1. The molecule has 22 heavy (non-hydrogen) atoms. The normalized spacial score (nSPS) is 17.0. The van der Waals surface area contributed by atoms with Crippen molar-refractivity contribution >= 4 is 21.7 Å². The van der Waals surface area contributed by atoms with E-state index in [0.29, 0.717) is 4.57 Å². The molecule has 0 radical (unpaired) electrons. The molecule has 4 nitrogen and oxygen atoms in total. The number of alkyl halides is 3. The Labute approximate surface area is 129 Å². The summed E-state index contributed by atoms with van der Waals surface area (Å²) < 4.78 is 40.3. The molecule has 0 saturated heterocycles. The fraction of sp³-hybridized carbons (Fsp3) is 0.643. The lowest BCUT2D eigenvalue weighted by molar-refractivity contribution is -0.148. The molecule has 1 aliphatic carbocycles. The van der Waals surface area contributed by atoms with Crippen LogP contribution in [0.25, 0.3) is 10.3 Å². The van der Waals surface area contributed by atoms with Crippen molar-refractivity contribution in [1.82, 2.24) is 14.5 Å². The van der Waals surface area contributed by atoms with E-state index < -0.39 is 23.6 Å². The van der Waals surface area contributed by atoms with Crippen LogP contribution in [0.5, 0.6) is 0 Å². The van der Waals surface area contributed by atoms with E-state index in [0.717, 1.165) is 42.0 Å². The van der Waals surface area contributed by atoms with Crippen LogP contribution < -0.4 is 5.56 Å². The Hall–Kier alpha value is -1.44. The van der Waals surface area contributed by atoms with Crippen LogP contribution in [0.2, 0.25) is 0 Å². The Bertz CT molecular complexity index is 757. The van der Waals surface area contributed by atoms with E-state index in [9.17, 15) is 18.0 Å². The Morgan fingerprint density at radius 1 is 1.23 bits per heavy atom. The Kier molecular flexibility index (Phi) is 3.74. The zero-order valence-electron chi connectivity index (χ0n) is 12.3. The molecular formula is C14H16F3N3OS. The van der Waals surface area contributed by atoms with E-state index in [2.05, 4.69) is 9.97 Å². The van der Waals surface area contributed by atoms with Gasteiger partial charge in [0, 0.05) is 12.0 Å². The third-order valence-electron chi connectivity index (χ3n) is 3.96. The number of nitrogens with zero attached hydrogens (tertiary/aromatic N) is 3. The van der Waals surface area contributed by atoms with Gasteiger partial charge in [-0.2, -0.15) is 13.2 Å². The first kappa shape index (κ1) is 15.5. The first-order valence-electron chi connectivity index (χ1n) is 7.29. The molecule has 0 bridgehead atoms. The smallest absolute Gasteiger partial charge is 0.285 e. The van der Waals surface area contributed by atoms with Gasteiger partial charge in [-0.25, -0.2) is 9.97 Å². The van der Waals surface area contributed by atoms with Crippen LogP contribution in [-0.4, -0.2) is 14.5 Å². The second-order valence-corrected chi connectivity index (χ2v) is 6.90. The predicted octanol–water partition coefficient (Wildman–Crippen LogP) is 4.11. The maximum absolute atomic E-state index is 13.2. The summed E-state index contributed by atoms with van der Waals surface area (Å²) in [7, 11) is 0. The molecule has 0 aromatic carbocycles. The van der Waals surface area contributed by atoms with E-state index in [4.69, 9.17) is 0 Å². The molecule has 1 aliphatic rings. The minimum atomic E-state index is -4.66. The maximum atomic E-state index is 13.2. The average molecular weight is 331 g/mol. The van der Waals surface area contributed by atoms with Crippen molar-refractivity contribution in [2.24, 2.45) is 0 Å². The Morgan fingerprint density at radius 3 is 2.41 bits per heavy atom. The van der Waals surface area contributed by atoms with Crippen molar-refractivity contribution in [3.63, 3.8) is 0 Å². The summed E-state index contributed by atoms with van der Waals surface area (Å²) >= 11 is 1.12. The zero-order valence-corrected chi connectivity index (χ0v) is 13.1. The van der Waals surface area contributed by atoms with Gasteiger partial charge in [0.25, 0.3) is 5.56 Å². The predicted molar refractivity (Wildman–Crippen MR) is 78.3 cm³/mol. The number of hydrogen-bond acceptors (Lipinski definition) is 4. The molecule has 2 heterocycles. The highest BCUT2D eigenvalue weighted by Crippen LogP contribution is 2.38. The second-order valence-electron chi connectivity index (χ2n) is 5.89. The van der Waals surface area contributed by atoms with Crippen LogP contribution in [0.3, 0.4) is 0 Å². The lowest BCUT2D eigenvalue weighted by Crippen LogP contribution is -2.31. The number of aromatic nitrogens is 3. The van der Waals surface area contributed by atoms with E-state index in [-0.39, 0.29) is 16.3 Å². The first-order valence-corrected chi connectivity index (χ1v) is 8.11. The molecule has 2 aromatic rings. The average Bonchev–Trinajstić information content (AvgIpc) is 3.05. The van der Waals surface area contributed by atoms with Crippen LogP contribution in [0, 0.1) is 0 Å². The van der Waals surface area contributed by atoms with Gasteiger partial charge in [-0.15, -0.1) is 0 Å². The van der Waals surface area contributed by atoms with Crippen LogP contribution in [0.15, 0.2) is 4.79 Å². The van der Waals surface area contributed by atoms with Gasteiger partial charge in [0.1, 0.15) is 0 Å². The fourth-order valence-corrected chi connectivity index (χ4v) is 4.03. The standard InChI is InChI=1S/C14H16F3N3OS/c1-7(2)20-12(21)9-11(19-13(20)14(15,16)17)22-10(18-9)8-5-3-4-6-8/h7-8H,3-6H2,1-2H3. The van der Waals surface area contributed by atoms with E-state index >= 15 is 0 Å². The number of hydrogen-bond donors (Lipinski definition) is 0. The van der Waals surface area contributed by atoms with E-state index in [1.54, 1.807) is 0 Å². The maximum Gasteiger partial charge on any atom is 0.449 e. The molecule has 0 N–H and O–H groups in total. The third kappa shape index (κ3) is 2.53. The molecule has 3 rings (SSSR count). The zero-order chi connectivity index (χ0) is 16.1. The largest absolute Gasteiger partial charge is 0.449 e. The molecular weight excluding hydrogens is 315 g/mol. The van der Waals surface area contributed by atoms with Gasteiger partial charge in [0.2, 0.25) is 5.82 Å². The molecule has 0 amide bonds. The molecule has 120 valence electrons. The summed E-state index contributed by atoms with van der Waals surface area (Å²) in [6.07, 6.45) is -0.514. The summed E-state index contributed by atoms with van der Waals surface area (Å²) in [6, 6.07) is -0.627. The Morgan fingerprint density at radius 2 is 1.86 bits per heavy atom. The van der Waals surface area contributed by atoms with Crippen molar-refractivity contribution in [2.45, 2.75) is 57.7 Å². The van der Waals surface area contributed by atoms with Gasteiger partial charge in [-0.05, 0) is 26.7 Å². The third-order valence-corrected chi connectivity index (χ3v) is 5.07. The molecule has 0 atom stereocenters.